The Labute approximate surface area is 115 Å². The molecule has 0 aliphatic rings. The van der Waals surface area contributed by atoms with Crippen molar-refractivity contribution in [2.45, 2.75) is 52.5 Å². The number of nitrogens with zero attached hydrogens (tertiary/aromatic N) is 1. The molecule has 0 bridgehead atoms. The summed E-state index contributed by atoms with van der Waals surface area (Å²) in [6.45, 7) is 13.8. The Balaban J connectivity index is 2.47. The highest BCUT2D eigenvalue weighted by atomic mass is 16.4. The van der Waals surface area contributed by atoms with E-state index in [1.165, 1.54) is 5.56 Å². The average molecular weight is 260 g/mol. The number of hydrogen-bond donors (Lipinski definition) is 1. The number of fused-ring (bicyclic) bond motifs is 1. The molecular weight excluding hydrogens is 236 g/mol. The molecule has 3 nitrogen and oxygen atoms in total. The standard InChI is InChI=1S/C16H24N2O/c1-7-17-16(5,6)14-18-12-10-11(15(2,3)4)8-9-13(12)19-14/h8-10,17H,7H2,1-6H3. The Hall–Kier alpha value is -1.35. The lowest BCUT2D eigenvalue weighted by atomic mass is 9.87. The Morgan fingerprint density at radius 1 is 1.16 bits per heavy atom. The van der Waals surface area contributed by atoms with Crippen molar-refractivity contribution in [1.29, 1.82) is 0 Å². The number of nitrogens with one attached hydrogen (secondary N) is 1. The second-order valence-corrected chi connectivity index (χ2v) is 6.61. The minimum absolute atomic E-state index is 0.129. The van der Waals surface area contributed by atoms with E-state index in [0.717, 1.165) is 23.5 Å². The molecule has 0 saturated heterocycles. The highest BCUT2D eigenvalue weighted by Crippen LogP contribution is 2.29. The molecule has 0 radical (unpaired) electrons. The Morgan fingerprint density at radius 2 is 1.84 bits per heavy atom. The lowest BCUT2D eigenvalue weighted by Gasteiger charge is -2.21. The summed E-state index contributed by atoms with van der Waals surface area (Å²) in [5, 5.41) is 3.39. The van der Waals surface area contributed by atoms with Gasteiger partial charge in [-0.05, 0) is 43.5 Å². The highest BCUT2D eigenvalue weighted by Gasteiger charge is 2.26. The quantitative estimate of drug-likeness (QED) is 0.907. The van der Waals surface area contributed by atoms with E-state index in [1.54, 1.807) is 0 Å². The number of oxazole rings is 1. The van der Waals surface area contributed by atoms with Gasteiger partial charge in [0.1, 0.15) is 5.52 Å². The lowest BCUT2D eigenvalue weighted by molar-refractivity contribution is 0.323. The summed E-state index contributed by atoms with van der Waals surface area (Å²) in [5.41, 5.74) is 2.96. The molecule has 0 amide bonds. The van der Waals surface area contributed by atoms with Crippen molar-refractivity contribution in [3.8, 4) is 0 Å². The second-order valence-electron chi connectivity index (χ2n) is 6.61. The van der Waals surface area contributed by atoms with Gasteiger partial charge in [-0.2, -0.15) is 0 Å². The first-order valence-corrected chi connectivity index (χ1v) is 6.90. The van der Waals surface area contributed by atoms with E-state index in [9.17, 15) is 0 Å². The molecule has 3 heteroatoms. The van der Waals surface area contributed by atoms with Crippen molar-refractivity contribution < 1.29 is 4.42 Å². The van der Waals surface area contributed by atoms with E-state index in [4.69, 9.17) is 4.42 Å². The molecule has 2 rings (SSSR count). The third kappa shape index (κ3) is 2.81. The second kappa shape index (κ2) is 4.64. The van der Waals surface area contributed by atoms with Crippen LogP contribution in [0.25, 0.3) is 11.1 Å². The summed E-state index contributed by atoms with van der Waals surface area (Å²) in [5.74, 6) is 0.746. The average Bonchev–Trinajstić information content (AvgIpc) is 2.70. The molecule has 0 atom stereocenters. The van der Waals surface area contributed by atoms with Gasteiger partial charge in [-0.25, -0.2) is 4.98 Å². The summed E-state index contributed by atoms with van der Waals surface area (Å²) >= 11 is 0. The minimum atomic E-state index is -0.240. The lowest BCUT2D eigenvalue weighted by Crippen LogP contribution is -2.36. The van der Waals surface area contributed by atoms with Gasteiger partial charge in [-0.1, -0.05) is 33.8 Å². The Kier molecular flexibility index (Phi) is 3.43. The molecule has 0 fully saturated rings. The van der Waals surface area contributed by atoms with E-state index in [2.05, 4.69) is 64.0 Å². The van der Waals surface area contributed by atoms with Crippen LogP contribution in [0.4, 0.5) is 0 Å². The number of aromatic nitrogens is 1. The van der Waals surface area contributed by atoms with Crippen LogP contribution in [0.1, 0.15) is 53.0 Å². The van der Waals surface area contributed by atoms with E-state index < -0.39 is 0 Å². The molecule has 0 saturated carbocycles. The van der Waals surface area contributed by atoms with Crippen molar-refractivity contribution in [2.24, 2.45) is 0 Å². The van der Waals surface area contributed by atoms with Crippen LogP contribution in [-0.4, -0.2) is 11.5 Å². The topological polar surface area (TPSA) is 38.1 Å². The third-order valence-corrected chi connectivity index (χ3v) is 3.41. The van der Waals surface area contributed by atoms with Gasteiger partial charge in [-0.3, -0.25) is 0 Å². The van der Waals surface area contributed by atoms with Crippen molar-refractivity contribution in [1.82, 2.24) is 10.3 Å². The van der Waals surface area contributed by atoms with Gasteiger partial charge in [0, 0.05) is 0 Å². The molecule has 1 aromatic carbocycles. The number of benzene rings is 1. The number of rotatable bonds is 3. The molecule has 0 unspecified atom stereocenters. The fourth-order valence-electron chi connectivity index (χ4n) is 2.18. The van der Waals surface area contributed by atoms with E-state index >= 15 is 0 Å². The van der Waals surface area contributed by atoms with Crippen molar-refractivity contribution in [2.75, 3.05) is 6.54 Å². The van der Waals surface area contributed by atoms with Gasteiger partial charge in [-0.15, -0.1) is 0 Å². The van der Waals surface area contributed by atoms with Crippen LogP contribution in [0, 0.1) is 0 Å². The summed E-state index contributed by atoms with van der Waals surface area (Å²) in [4.78, 5) is 4.65. The summed E-state index contributed by atoms with van der Waals surface area (Å²) in [6, 6.07) is 6.27. The molecule has 1 N–H and O–H groups in total. The van der Waals surface area contributed by atoms with Crippen LogP contribution < -0.4 is 5.32 Å². The highest BCUT2D eigenvalue weighted by molar-refractivity contribution is 5.74. The molecule has 2 aromatic rings. The predicted octanol–water partition coefficient (Wildman–Crippen LogP) is 3.97. The maximum absolute atomic E-state index is 5.88. The summed E-state index contributed by atoms with van der Waals surface area (Å²) < 4.78 is 5.88. The molecular formula is C16H24N2O. The van der Waals surface area contributed by atoms with Gasteiger partial charge in [0.15, 0.2) is 5.58 Å². The molecule has 0 aliphatic heterocycles. The normalized spacial score (nSPS) is 13.2. The van der Waals surface area contributed by atoms with Crippen molar-refractivity contribution >= 4 is 11.1 Å². The first kappa shape index (κ1) is 14.1. The summed E-state index contributed by atoms with van der Waals surface area (Å²) in [7, 11) is 0. The first-order chi connectivity index (χ1) is 8.74. The smallest absolute Gasteiger partial charge is 0.215 e. The van der Waals surface area contributed by atoms with E-state index in [0.29, 0.717) is 0 Å². The molecule has 1 heterocycles. The molecule has 0 spiro atoms. The van der Waals surface area contributed by atoms with Crippen LogP contribution in [0.2, 0.25) is 0 Å². The van der Waals surface area contributed by atoms with E-state index in [1.807, 2.05) is 6.07 Å². The first-order valence-electron chi connectivity index (χ1n) is 6.90. The monoisotopic (exact) mass is 260 g/mol. The molecule has 104 valence electrons. The Morgan fingerprint density at radius 3 is 2.42 bits per heavy atom. The fourth-order valence-corrected chi connectivity index (χ4v) is 2.18. The minimum Gasteiger partial charge on any atom is -0.439 e. The third-order valence-electron chi connectivity index (χ3n) is 3.41. The Bertz CT molecular complexity index is 576. The van der Waals surface area contributed by atoms with Crippen LogP contribution in [0.3, 0.4) is 0 Å². The molecule has 0 aliphatic carbocycles. The van der Waals surface area contributed by atoms with Crippen molar-refractivity contribution in [3.05, 3.63) is 29.7 Å². The van der Waals surface area contributed by atoms with Crippen LogP contribution in [-0.2, 0) is 11.0 Å². The predicted molar refractivity (Wildman–Crippen MR) is 79.4 cm³/mol. The maximum atomic E-state index is 5.88. The number of hydrogen-bond acceptors (Lipinski definition) is 3. The van der Waals surface area contributed by atoms with E-state index in [-0.39, 0.29) is 11.0 Å². The fraction of sp³-hybridized carbons (Fsp3) is 0.562. The van der Waals surface area contributed by atoms with Crippen LogP contribution in [0.15, 0.2) is 22.6 Å². The van der Waals surface area contributed by atoms with Crippen molar-refractivity contribution in [3.63, 3.8) is 0 Å². The molecule has 19 heavy (non-hydrogen) atoms. The van der Waals surface area contributed by atoms with Gasteiger partial charge >= 0.3 is 0 Å². The van der Waals surface area contributed by atoms with Crippen LogP contribution in [0.5, 0.6) is 0 Å². The zero-order valence-electron chi connectivity index (χ0n) is 12.8. The summed E-state index contributed by atoms with van der Waals surface area (Å²) in [6.07, 6.45) is 0. The SMILES string of the molecule is CCNC(C)(C)c1nc2cc(C(C)(C)C)ccc2o1. The zero-order valence-corrected chi connectivity index (χ0v) is 12.8. The zero-order chi connectivity index (χ0) is 14.3. The van der Waals surface area contributed by atoms with Gasteiger partial charge in [0.2, 0.25) is 5.89 Å². The molecule has 1 aromatic heterocycles. The van der Waals surface area contributed by atoms with Crippen LogP contribution >= 0.6 is 0 Å². The largest absolute Gasteiger partial charge is 0.439 e. The van der Waals surface area contributed by atoms with Gasteiger partial charge in [0.25, 0.3) is 0 Å². The van der Waals surface area contributed by atoms with Gasteiger partial charge < -0.3 is 9.73 Å². The van der Waals surface area contributed by atoms with Gasteiger partial charge in [0.05, 0.1) is 5.54 Å². The maximum Gasteiger partial charge on any atom is 0.215 e.